The second-order valence-corrected chi connectivity index (χ2v) is 8.79. The molecule has 3 aromatic rings. The van der Waals surface area contributed by atoms with Gasteiger partial charge in [0.25, 0.3) is 0 Å². The number of carboxylic acid groups (broad SMARTS) is 1. The van der Waals surface area contributed by atoms with Crippen LogP contribution in [0.5, 0.6) is 11.5 Å². The first-order chi connectivity index (χ1) is 15.9. The highest BCUT2D eigenvalue weighted by Crippen LogP contribution is 2.37. The maximum atomic E-state index is 14.1. The lowest BCUT2D eigenvalue weighted by Crippen LogP contribution is -2.39. The lowest BCUT2D eigenvalue weighted by atomic mass is 9.91. The molecule has 0 saturated heterocycles. The van der Waals surface area contributed by atoms with Gasteiger partial charge < -0.3 is 24.5 Å². The standard InChI is InChI=1S/C24H22ClFN2O5/c25-18-9-14(26)8-17-16-10-15(3-4-19(16)28(24(17)18)11-23(30)31)27-22(29)6-2-13-1-5-20-21(7-13)33-12-32-20/h1,5,7-9,15H,2-4,6,10-12H2,(H,27,29)(H,30,31)/t15-/m1/s1. The van der Waals surface area contributed by atoms with Crippen molar-refractivity contribution < 1.29 is 28.6 Å². The number of carbonyl (C=O) groups excluding carboxylic acids is 1. The minimum absolute atomic E-state index is 0.0698. The Kier molecular flexibility index (Phi) is 5.62. The predicted octanol–water partition coefficient (Wildman–Crippen LogP) is 3.85. The van der Waals surface area contributed by atoms with Crippen LogP contribution in [0, 0.1) is 5.82 Å². The number of fused-ring (bicyclic) bond motifs is 4. The summed E-state index contributed by atoms with van der Waals surface area (Å²) in [5.74, 6) is -0.137. The SMILES string of the molecule is O=C(O)Cn1c2c(c3cc(F)cc(Cl)c31)C[C@H](NC(=O)CCc1ccc3c(c1)OCO3)CC2. The number of aryl methyl sites for hydroxylation is 1. The van der Waals surface area contributed by atoms with Gasteiger partial charge in [0.05, 0.1) is 10.5 Å². The van der Waals surface area contributed by atoms with Gasteiger partial charge in [0.1, 0.15) is 12.4 Å². The van der Waals surface area contributed by atoms with Crippen LogP contribution in [-0.2, 0) is 35.4 Å². The summed E-state index contributed by atoms with van der Waals surface area (Å²) in [7, 11) is 0. The number of nitrogens with zero attached hydrogens (tertiary/aromatic N) is 1. The minimum atomic E-state index is -0.992. The van der Waals surface area contributed by atoms with E-state index in [2.05, 4.69) is 5.32 Å². The average molecular weight is 473 g/mol. The monoisotopic (exact) mass is 472 g/mol. The number of nitrogens with one attached hydrogen (secondary N) is 1. The van der Waals surface area contributed by atoms with Gasteiger partial charge in [-0.2, -0.15) is 0 Å². The molecule has 0 saturated carbocycles. The topological polar surface area (TPSA) is 89.8 Å². The summed E-state index contributed by atoms with van der Waals surface area (Å²) in [5, 5.41) is 13.2. The normalized spacial score (nSPS) is 16.6. The van der Waals surface area contributed by atoms with E-state index < -0.39 is 11.8 Å². The van der Waals surface area contributed by atoms with Gasteiger partial charge in [-0.25, -0.2) is 4.39 Å². The van der Waals surface area contributed by atoms with Crippen LogP contribution in [0.2, 0.25) is 5.02 Å². The number of carbonyl (C=O) groups is 2. The van der Waals surface area contributed by atoms with Crippen LogP contribution in [0.15, 0.2) is 30.3 Å². The van der Waals surface area contributed by atoms with E-state index in [0.717, 1.165) is 16.8 Å². The van der Waals surface area contributed by atoms with Crippen molar-refractivity contribution in [1.29, 1.82) is 0 Å². The molecule has 5 rings (SSSR count). The molecular formula is C24H22ClFN2O5. The van der Waals surface area contributed by atoms with Gasteiger partial charge in [-0.1, -0.05) is 17.7 Å². The van der Waals surface area contributed by atoms with Crippen molar-refractivity contribution >= 4 is 34.4 Å². The maximum Gasteiger partial charge on any atom is 0.323 e. The molecule has 172 valence electrons. The molecule has 2 N–H and O–H groups in total. The third-order valence-corrected chi connectivity index (χ3v) is 6.50. The molecule has 0 fully saturated rings. The van der Waals surface area contributed by atoms with Gasteiger partial charge in [-0.15, -0.1) is 0 Å². The summed E-state index contributed by atoms with van der Waals surface area (Å²) in [6, 6.07) is 8.12. The Hall–Kier alpha value is -3.26. The van der Waals surface area contributed by atoms with Crippen LogP contribution in [0.4, 0.5) is 4.39 Å². The lowest BCUT2D eigenvalue weighted by molar-refractivity contribution is -0.137. The van der Waals surface area contributed by atoms with Crippen molar-refractivity contribution in [3.05, 3.63) is 58.0 Å². The average Bonchev–Trinajstić information content (AvgIpc) is 3.34. The fourth-order valence-corrected chi connectivity index (χ4v) is 5.09. The Balaban J connectivity index is 1.30. The summed E-state index contributed by atoms with van der Waals surface area (Å²) >= 11 is 6.29. The quantitative estimate of drug-likeness (QED) is 0.568. The number of carboxylic acids is 1. The van der Waals surface area contributed by atoms with Gasteiger partial charge in [-0.05, 0) is 61.1 Å². The fourth-order valence-electron chi connectivity index (χ4n) is 4.78. The zero-order valence-corrected chi connectivity index (χ0v) is 18.5. The molecule has 0 unspecified atom stereocenters. The first kappa shape index (κ1) is 21.6. The number of hydrogen-bond acceptors (Lipinski definition) is 4. The van der Waals surface area contributed by atoms with Crippen LogP contribution in [0.1, 0.15) is 29.7 Å². The van der Waals surface area contributed by atoms with Crippen molar-refractivity contribution in [2.24, 2.45) is 0 Å². The molecule has 1 amide bonds. The molecule has 2 heterocycles. The van der Waals surface area contributed by atoms with Gasteiger partial charge in [0, 0.05) is 23.5 Å². The summed E-state index contributed by atoms with van der Waals surface area (Å²) in [6.07, 6.45) is 2.62. The number of hydrogen-bond donors (Lipinski definition) is 2. The second-order valence-electron chi connectivity index (χ2n) is 8.38. The van der Waals surface area contributed by atoms with Crippen molar-refractivity contribution in [3.8, 4) is 11.5 Å². The minimum Gasteiger partial charge on any atom is -0.480 e. The highest BCUT2D eigenvalue weighted by atomic mass is 35.5. The van der Waals surface area contributed by atoms with E-state index in [1.165, 1.54) is 12.1 Å². The number of ether oxygens (including phenoxy) is 2. The molecule has 1 aliphatic carbocycles. The largest absolute Gasteiger partial charge is 0.480 e. The van der Waals surface area contributed by atoms with Gasteiger partial charge in [0.2, 0.25) is 12.7 Å². The van der Waals surface area contributed by atoms with Crippen molar-refractivity contribution in [1.82, 2.24) is 9.88 Å². The highest BCUT2D eigenvalue weighted by Gasteiger charge is 2.28. The van der Waals surface area contributed by atoms with Crippen LogP contribution >= 0.6 is 11.6 Å². The van der Waals surface area contributed by atoms with E-state index >= 15 is 0 Å². The van der Waals surface area contributed by atoms with E-state index in [9.17, 15) is 19.1 Å². The molecule has 1 aliphatic heterocycles. The second kappa shape index (κ2) is 8.59. The van der Waals surface area contributed by atoms with E-state index in [4.69, 9.17) is 21.1 Å². The van der Waals surface area contributed by atoms with Crippen LogP contribution in [-0.4, -0.2) is 34.4 Å². The maximum absolute atomic E-state index is 14.1. The van der Waals surface area contributed by atoms with E-state index in [1.54, 1.807) is 4.57 Å². The van der Waals surface area contributed by atoms with Crippen LogP contribution in [0.3, 0.4) is 0 Å². The smallest absolute Gasteiger partial charge is 0.323 e. The molecule has 2 aliphatic rings. The Bertz CT molecular complexity index is 1270. The first-order valence-corrected chi connectivity index (χ1v) is 11.2. The number of aliphatic carboxylic acids is 1. The molecule has 2 aromatic carbocycles. The van der Waals surface area contributed by atoms with Gasteiger partial charge >= 0.3 is 5.97 Å². The summed E-state index contributed by atoms with van der Waals surface area (Å²) in [5.41, 5.74) is 3.20. The Morgan fingerprint density at radius 3 is 2.85 bits per heavy atom. The van der Waals surface area contributed by atoms with Crippen molar-refractivity contribution in [3.63, 3.8) is 0 Å². The molecule has 1 aromatic heterocycles. The molecule has 0 spiro atoms. The Morgan fingerprint density at radius 1 is 1.21 bits per heavy atom. The number of rotatable bonds is 6. The first-order valence-electron chi connectivity index (χ1n) is 10.8. The summed E-state index contributed by atoms with van der Waals surface area (Å²) in [6.45, 7) is -0.0370. The molecule has 1 atom stereocenters. The third kappa shape index (κ3) is 4.23. The third-order valence-electron chi connectivity index (χ3n) is 6.21. The van der Waals surface area contributed by atoms with Crippen LogP contribution in [0.25, 0.3) is 10.9 Å². The van der Waals surface area contributed by atoms with Crippen molar-refractivity contribution in [2.75, 3.05) is 6.79 Å². The summed E-state index contributed by atoms with van der Waals surface area (Å²) < 4.78 is 26.4. The molecule has 33 heavy (non-hydrogen) atoms. The Morgan fingerprint density at radius 2 is 2.03 bits per heavy atom. The molecule has 9 heteroatoms. The van der Waals surface area contributed by atoms with E-state index in [1.807, 2.05) is 18.2 Å². The molecule has 0 radical (unpaired) electrons. The van der Waals surface area contributed by atoms with E-state index in [0.29, 0.717) is 54.5 Å². The fraction of sp³-hybridized carbons (Fsp3) is 0.333. The molecule has 0 bridgehead atoms. The predicted molar refractivity (Wildman–Crippen MR) is 119 cm³/mol. The Labute approximate surface area is 194 Å². The zero-order valence-electron chi connectivity index (χ0n) is 17.7. The van der Waals surface area contributed by atoms with Crippen molar-refractivity contribution in [2.45, 2.75) is 44.7 Å². The number of halogens is 2. The van der Waals surface area contributed by atoms with Gasteiger partial charge in [0.15, 0.2) is 11.5 Å². The summed E-state index contributed by atoms with van der Waals surface area (Å²) in [4.78, 5) is 24.0. The zero-order chi connectivity index (χ0) is 23.1. The van der Waals surface area contributed by atoms with Crippen LogP contribution < -0.4 is 14.8 Å². The number of aromatic nitrogens is 1. The molecule has 7 nitrogen and oxygen atoms in total. The highest BCUT2D eigenvalue weighted by molar-refractivity contribution is 6.35. The number of amides is 1. The van der Waals surface area contributed by atoms with Gasteiger partial charge in [-0.3, -0.25) is 9.59 Å². The number of benzene rings is 2. The lowest BCUT2D eigenvalue weighted by Gasteiger charge is -2.25. The molecular weight excluding hydrogens is 451 g/mol. The van der Waals surface area contributed by atoms with E-state index in [-0.39, 0.29) is 30.3 Å².